The Morgan fingerprint density at radius 1 is 1.13 bits per heavy atom. The van der Waals surface area contributed by atoms with E-state index in [0.717, 1.165) is 87.7 Å². The number of nitrogens with two attached hydrogens (primary N) is 1. The third kappa shape index (κ3) is 5.76. The van der Waals surface area contributed by atoms with Gasteiger partial charge in [-0.15, -0.1) is 0 Å². The first kappa shape index (κ1) is 21.2. The molecule has 3 heterocycles. The number of ether oxygens (including phenoxy) is 2. The minimum Gasteiger partial charge on any atom is -0.476 e. The van der Waals surface area contributed by atoms with Crippen molar-refractivity contribution < 1.29 is 9.47 Å². The largest absolute Gasteiger partial charge is 0.476 e. The molecule has 3 N–H and O–H groups in total. The van der Waals surface area contributed by atoms with Crippen molar-refractivity contribution in [3.8, 4) is 17.1 Å². The molecule has 7 heteroatoms. The smallest absolute Gasteiger partial charge is 0.232 e. The molecular weight excluding hydrogens is 378 g/mol. The quantitative estimate of drug-likeness (QED) is 0.686. The van der Waals surface area contributed by atoms with Crippen LogP contribution in [0.3, 0.4) is 0 Å². The van der Waals surface area contributed by atoms with Crippen molar-refractivity contribution in [2.45, 2.75) is 25.8 Å². The lowest BCUT2D eigenvalue weighted by atomic mass is 9.99. The summed E-state index contributed by atoms with van der Waals surface area (Å²) >= 11 is 0. The van der Waals surface area contributed by atoms with Crippen LogP contribution in [-0.4, -0.2) is 67.4 Å². The molecule has 4 rings (SSSR count). The van der Waals surface area contributed by atoms with Crippen molar-refractivity contribution in [3.05, 3.63) is 41.7 Å². The molecule has 30 heavy (non-hydrogen) atoms. The number of hydrogen-bond acceptors (Lipinski definition) is 7. The van der Waals surface area contributed by atoms with Crippen LogP contribution in [0, 0.1) is 5.92 Å². The van der Waals surface area contributed by atoms with E-state index in [1.54, 1.807) is 6.20 Å². The minimum atomic E-state index is 0.541. The molecule has 0 bridgehead atoms. The maximum absolute atomic E-state index is 6.05. The lowest BCUT2D eigenvalue weighted by molar-refractivity contribution is 0.0383. The van der Waals surface area contributed by atoms with E-state index in [-0.39, 0.29) is 0 Å². The first-order chi connectivity index (χ1) is 14.8. The van der Waals surface area contributed by atoms with Crippen molar-refractivity contribution in [2.24, 2.45) is 11.7 Å². The number of rotatable bonds is 8. The summed E-state index contributed by atoms with van der Waals surface area (Å²) in [4.78, 5) is 12.1. The lowest BCUT2D eigenvalue weighted by Gasteiger charge is -2.26. The van der Waals surface area contributed by atoms with Gasteiger partial charge >= 0.3 is 0 Å². The van der Waals surface area contributed by atoms with E-state index in [4.69, 9.17) is 25.2 Å². The van der Waals surface area contributed by atoms with Crippen molar-refractivity contribution in [3.63, 3.8) is 0 Å². The van der Waals surface area contributed by atoms with E-state index >= 15 is 0 Å². The standard InChI is InChI=1S/C23H33N5O2/c24-15-18-1-3-20(4-2-18)23-21(7-10-28-11-13-29-14-12-28)27-22(16-26-23)30-17-19-5-8-25-9-6-19/h1-4,16,19,25H,5-15,17,24H2. The number of nitrogens with zero attached hydrogens (tertiary/aromatic N) is 3. The highest BCUT2D eigenvalue weighted by Crippen LogP contribution is 2.24. The molecule has 2 aliphatic rings. The Morgan fingerprint density at radius 2 is 1.90 bits per heavy atom. The van der Waals surface area contributed by atoms with Crippen molar-refractivity contribution in [2.75, 3.05) is 52.5 Å². The normalized spacial score (nSPS) is 18.4. The fourth-order valence-corrected chi connectivity index (χ4v) is 4.03. The fraction of sp³-hybridized carbons (Fsp3) is 0.565. The molecule has 0 radical (unpaired) electrons. The summed E-state index contributed by atoms with van der Waals surface area (Å²) in [6.45, 7) is 7.90. The van der Waals surface area contributed by atoms with E-state index < -0.39 is 0 Å². The van der Waals surface area contributed by atoms with Crippen LogP contribution in [0.25, 0.3) is 11.3 Å². The number of hydrogen-bond donors (Lipinski definition) is 2. The predicted octanol–water partition coefficient (Wildman–Crippen LogP) is 1.86. The SMILES string of the molecule is NCc1ccc(-c2ncc(OCC3CCNCC3)nc2CCN2CCOCC2)cc1. The molecule has 0 unspecified atom stereocenters. The van der Waals surface area contributed by atoms with E-state index in [9.17, 15) is 0 Å². The molecule has 0 aliphatic carbocycles. The molecule has 2 fully saturated rings. The molecule has 2 aliphatic heterocycles. The maximum atomic E-state index is 6.05. The molecule has 0 amide bonds. The van der Waals surface area contributed by atoms with Gasteiger partial charge in [-0.05, 0) is 37.4 Å². The monoisotopic (exact) mass is 411 g/mol. The molecule has 7 nitrogen and oxygen atoms in total. The third-order valence-electron chi connectivity index (χ3n) is 5.98. The van der Waals surface area contributed by atoms with Gasteiger partial charge in [0.1, 0.15) is 0 Å². The number of nitrogens with one attached hydrogen (secondary N) is 1. The highest BCUT2D eigenvalue weighted by Gasteiger charge is 2.17. The number of benzene rings is 1. The maximum Gasteiger partial charge on any atom is 0.232 e. The number of morpholine rings is 1. The highest BCUT2D eigenvalue weighted by molar-refractivity contribution is 5.62. The minimum absolute atomic E-state index is 0.541. The summed E-state index contributed by atoms with van der Waals surface area (Å²) < 4.78 is 11.5. The van der Waals surface area contributed by atoms with E-state index in [2.05, 4.69) is 34.5 Å². The average Bonchev–Trinajstić information content (AvgIpc) is 2.83. The summed E-state index contributed by atoms with van der Waals surface area (Å²) in [6.07, 6.45) is 4.92. The average molecular weight is 412 g/mol. The van der Waals surface area contributed by atoms with Crippen molar-refractivity contribution >= 4 is 0 Å². The highest BCUT2D eigenvalue weighted by atomic mass is 16.5. The Kier molecular flexibility index (Phi) is 7.64. The molecule has 0 spiro atoms. The second kappa shape index (κ2) is 10.8. The van der Waals surface area contributed by atoms with E-state index in [1.165, 1.54) is 0 Å². The summed E-state index contributed by atoms with van der Waals surface area (Å²) in [5.41, 5.74) is 9.86. The van der Waals surface area contributed by atoms with Gasteiger partial charge in [-0.1, -0.05) is 24.3 Å². The van der Waals surface area contributed by atoms with Crippen LogP contribution in [-0.2, 0) is 17.7 Å². The third-order valence-corrected chi connectivity index (χ3v) is 5.98. The summed E-state index contributed by atoms with van der Waals surface area (Å²) in [5.74, 6) is 1.22. The molecule has 0 atom stereocenters. The van der Waals surface area contributed by atoms with Crippen LogP contribution in [0.2, 0.25) is 0 Å². The van der Waals surface area contributed by atoms with Gasteiger partial charge in [0.2, 0.25) is 5.88 Å². The van der Waals surface area contributed by atoms with Crippen LogP contribution in [0.15, 0.2) is 30.5 Å². The Labute approximate surface area is 179 Å². The Hall–Kier alpha value is -2.06. The predicted molar refractivity (Wildman–Crippen MR) is 117 cm³/mol. The zero-order chi connectivity index (χ0) is 20.6. The Balaban J connectivity index is 1.49. The molecule has 2 aromatic rings. The Bertz CT molecular complexity index is 787. The van der Waals surface area contributed by atoms with Gasteiger partial charge in [-0.2, -0.15) is 0 Å². The van der Waals surface area contributed by atoms with E-state index in [0.29, 0.717) is 24.9 Å². The van der Waals surface area contributed by atoms with Crippen LogP contribution in [0.5, 0.6) is 5.88 Å². The molecule has 2 saturated heterocycles. The topological polar surface area (TPSA) is 85.5 Å². The number of piperidine rings is 1. The second-order valence-corrected chi connectivity index (χ2v) is 8.11. The zero-order valence-electron chi connectivity index (χ0n) is 17.7. The molecule has 1 aromatic carbocycles. The van der Waals surface area contributed by atoms with Gasteiger partial charge in [0, 0.05) is 38.2 Å². The van der Waals surface area contributed by atoms with Gasteiger partial charge in [0.25, 0.3) is 0 Å². The summed E-state index contributed by atoms with van der Waals surface area (Å²) in [5, 5.41) is 3.40. The van der Waals surface area contributed by atoms with Crippen LogP contribution in [0.4, 0.5) is 0 Å². The molecular formula is C23H33N5O2. The fourth-order valence-electron chi connectivity index (χ4n) is 4.03. The Morgan fingerprint density at radius 3 is 2.63 bits per heavy atom. The lowest BCUT2D eigenvalue weighted by Crippen LogP contribution is -2.37. The first-order valence-corrected chi connectivity index (χ1v) is 11.1. The van der Waals surface area contributed by atoms with Crippen LogP contribution >= 0.6 is 0 Å². The summed E-state index contributed by atoms with van der Waals surface area (Å²) in [7, 11) is 0. The van der Waals surface area contributed by atoms with Crippen LogP contribution in [0.1, 0.15) is 24.1 Å². The summed E-state index contributed by atoms with van der Waals surface area (Å²) in [6, 6.07) is 8.29. The van der Waals surface area contributed by atoms with Gasteiger partial charge in [0.15, 0.2) is 0 Å². The second-order valence-electron chi connectivity index (χ2n) is 8.11. The molecule has 1 aromatic heterocycles. The molecule has 0 saturated carbocycles. The molecule has 162 valence electrons. The van der Waals surface area contributed by atoms with Gasteiger partial charge in [-0.3, -0.25) is 4.90 Å². The zero-order valence-corrected chi connectivity index (χ0v) is 17.7. The first-order valence-electron chi connectivity index (χ1n) is 11.1. The van der Waals surface area contributed by atoms with Crippen molar-refractivity contribution in [1.82, 2.24) is 20.2 Å². The van der Waals surface area contributed by atoms with Gasteiger partial charge < -0.3 is 20.5 Å². The van der Waals surface area contributed by atoms with Crippen LogP contribution < -0.4 is 15.8 Å². The van der Waals surface area contributed by atoms with Crippen molar-refractivity contribution in [1.29, 1.82) is 0 Å². The van der Waals surface area contributed by atoms with E-state index in [1.807, 2.05) is 0 Å². The van der Waals surface area contributed by atoms with Gasteiger partial charge in [-0.25, -0.2) is 9.97 Å². The number of aromatic nitrogens is 2. The van der Waals surface area contributed by atoms with Gasteiger partial charge in [0.05, 0.1) is 37.4 Å².